The minimum Gasteiger partial charge on any atom is -0.373 e. The van der Waals surface area contributed by atoms with Gasteiger partial charge in [0.25, 0.3) is 0 Å². The highest BCUT2D eigenvalue weighted by molar-refractivity contribution is 6.30. The first kappa shape index (κ1) is 12.9. The number of hydrogen-bond acceptors (Lipinski definition) is 2. The lowest BCUT2D eigenvalue weighted by Crippen LogP contribution is -2.25. The van der Waals surface area contributed by atoms with Crippen molar-refractivity contribution >= 4 is 11.6 Å². The van der Waals surface area contributed by atoms with E-state index in [4.69, 9.17) is 16.3 Å². The van der Waals surface area contributed by atoms with Gasteiger partial charge in [0.15, 0.2) is 0 Å². The number of hydrogen-bond donors (Lipinski definition) is 1. The van der Waals surface area contributed by atoms with Gasteiger partial charge >= 0.3 is 0 Å². The van der Waals surface area contributed by atoms with E-state index >= 15 is 0 Å². The molecule has 1 fully saturated rings. The van der Waals surface area contributed by atoms with E-state index in [0.717, 1.165) is 31.1 Å². The van der Waals surface area contributed by atoms with Crippen molar-refractivity contribution in [1.29, 1.82) is 0 Å². The third-order valence-electron chi connectivity index (χ3n) is 3.25. The number of halogens is 1. The molecular formula is C14H20ClNO. The molecule has 0 bridgehead atoms. The second-order valence-electron chi connectivity index (χ2n) is 4.60. The lowest BCUT2D eigenvalue weighted by molar-refractivity contribution is 0.0906. The SMILES string of the molecule is CCCNCC1CCOC1c1ccc(Cl)cc1. The first-order chi connectivity index (χ1) is 8.31. The number of nitrogens with one attached hydrogen (secondary N) is 1. The Morgan fingerprint density at radius 2 is 2.12 bits per heavy atom. The van der Waals surface area contributed by atoms with E-state index in [1.165, 1.54) is 12.0 Å². The van der Waals surface area contributed by atoms with Crippen LogP contribution in [-0.4, -0.2) is 19.7 Å². The molecule has 1 aliphatic rings. The average Bonchev–Trinajstić information content (AvgIpc) is 2.79. The summed E-state index contributed by atoms with van der Waals surface area (Å²) in [6, 6.07) is 8.03. The van der Waals surface area contributed by atoms with Gasteiger partial charge in [-0.05, 0) is 37.1 Å². The zero-order valence-electron chi connectivity index (χ0n) is 10.3. The quantitative estimate of drug-likeness (QED) is 0.812. The van der Waals surface area contributed by atoms with Crippen molar-refractivity contribution in [2.24, 2.45) is 5.92 Å². The highest BCUT2D eigenvalue weighted by Crippen LogP contribution is 2.34. The fourth-order valence-electron chi connectivity index (χ4n) is 2.33. The predicted molar refractivity (Wildman–Crippen MR) is 71.4 cm³/mol. The maximum absolute atomic E-state index is 5.90. The van der Waals surface area contributed by atoms with Crippen LogP contribution in [0.3, 0.4) is 0 Å². The lowest BCUT2D eigenvalue weighted by Gasteiger charge is -2.19. The Hall–Kier alpha value is -0.570. The molecule has 1 saturated heterocycles. The minimum atomic E-state index is 0.233. The van der Waals surface area contributed by atoms with E-state index in [1.807, 2.05) is 12.1 Å². The fourth-order valence-corrected chi connectivity index (χ4v) is 2.45. The zero-order valence-corrected chi connectivity index (χ0v) is 11.0. The Morgan fingerprint density at radius 1 is 1.35 bits per heavy atom. The van der Waals surface area contributed by atoms with Crippen LogP contribution in [0, 0.1) is 5.92 Å². The molecule has 1 aliphatic heterocycles. The van der Waals surface area contributed by atoms with Gasteiger partial charge < -0.3 is 10.1 Å². The van der Waals surface area contributed by atoms with Crippen molar-refractivity contribution in [3.63, 3.8) is 0 Å². The summed E-state index contributed by atoms with van der Waals surface area (Å²) in [4.78, 5) is 0. The van der Waals surface area contributed by atoms with Gasteiger partial charge in [-0.15, -0.1) is 0 Å². The van der Waals surface area contributed by atoms with Crippen molar-refractivity contribution in [2.45, 2.75) is 25.9 Å². The molecule has 17 heavy (non-hydrogen) atoms. The number of rotatable bonds is 5. The summed E-state index contributed by atoms with van der Waals surface area (Å²) in [5, 5.41) is 4.27. The van der Waals surface area contributed by atoms with Gasteiger partial charge in [-0.1, -0.05) is 30.7 Å². The molecule has 0 radical (unpaired) electrons. The first-order valence-electron chi connectivity index (χ1n) is 6.39. The van der Waals surface area contributed by atoms with Crippen LogP contribution in [0.5, 0.6) is 0 Å². The molecule has 0 aromatic heterocycles. The molecule has 1 aromatic rings. The monoisotopic (exact) mass is 253 g/mol. The Balaban J connectivity index is 1.96. The molecule has 1 heterocycles. The van der Waals surface area contributed by atoms with Gasteiger partial charge in [-0.3, -0.25) is 0 Å². The lowest BCUT2D eigenvalue weighted by atomic mass is 9.95. The van der Waals surface area contributed by atoms with Crippen LogP contribution in [0.25, 0.3) is 0 Å². The number of ether oxygens (including phenoxy) is 1. The molecular weight excluding hydrogens is 234 g/mol. The summed E-state index contributed by atoms with van der Waals surface area (Å²) in [6.07, 6.45) is 2.56. The second kappa shape index (κ2) is 6.39. The summed E-state index contributed by atoms with van der Waals surface area (Å²) in [7, 11) is 0. The summed E-state index contributed by atoms with van der Waals surface area (Å²) in [5.74, 6) is 0.586. The van der Waals surface area contributed by atoms with Crippen molar-refractivity contribution in [3.05, 3.63) is 34.9 Å². The van der Waals surface area contributed by atoms with E-state index in [1.54, 1.807) is 0 Å². The van der Waals surface area contributed by atoms with Gasteiger partial charge in [0, 0.05) is 24.1 Å². The molecule has 0 amide bonds. The first-order valence-corrected chi connectivity index (χ1v) is 6.77. The van der Waals surface area contributed by atoms with Gasteiger partial charge in [0.2, 0.25) is 0 Å². The minimum absolute atomic E-state index is 0.233. The summed E-state index contributed by atoms with van der Waals surface area (Å²) in [6.45, 7) is 5.19. The standard InChI is InChI=1S/C14H20ClNO/c1-2-8-16-10-12-7-9-17-14(12)11-3-5-13(15)6-4-11/h3-6,12,14,16H,2,7-10H2,1H3. The van der Waals surface area contributed by atoms with Gasteiger partial charge in [0.05, 0.1) is 6.10 Å². The molecule has 2 nitrogen and oxygen atoms in total. The zero-order chi connectivity index (χ0) is 12.1. The maximum Gasteiger partial charge on any atom is 0.0866 e. The van der Waals surface area contributed by atoms with Crippen LogP contribution in [-0.2, 0) is 4.74 Å². The molecule has 0 saturated carbocycles. The van der Waals surface area contributed by atoms with Crippen molar-refractivity contribution in [2.75, 3.05) is 19.7 Å². The van der Waals surface area contributed by atoms with Gasteiger partial charge in [0.1, 0.15) is 0 Å². The highest BCUT2D eigenvalue weighted by atomic mass is 35.5. The average molecular weight is 254 g/mol. The molecule has 1 N–H and O–H groups in total. The van der Waals surface area contributed by atoms with Crippen molar-refractivity contribution in [1.82, 2.24) is 5.32 Å². The Labute approximate surface area is 108 Å². The largest absolute Gasteiger partial charge is 0.373 e. The van der Waals surface area contributed by atoms with Crippen molar-refractivity contribution in [3.8, 4) is 0 Å². The van der Waals surface area contributed by atoms with Gasteiger partial charge in [-0.2, -0.15) is 0 Å². The van der Waals surface area contributed by atoms with Gasteiger partial charge in [-0.25, -0.2) is 0 Å². The van der Waals surface area contributed by atoms with Crippen LogP contribution in [0.15, 0.2) is 24.3 Å². The molecule has 2 atom stereocenters. The Bertz CT molecular complexity index is 339. The Kier molecular flexibility index (Phi) is 4.84. The summed E-state index contributed by atoms with van der Waals surface area (Å²) >= 11 is 5.90. The van der Waals surface area contributed by atoms with Crippen LogP contribution in [0.4, 0.5) is 0 Å². The third kappa shape index (κ3) is 3.44. The molecule has 3 heteroatoms. The highest BCUT2D eigenvalue weighted by Gasteiger charge is 2.28. The summed E-state index contributed by atoms with van der Waals surface area (Å²) in [5.41, 5.74) is 1.25. The fraction of sp³-hybridized carbons (Fsp3) is 0.571. The maximum atomic E-state index is 5.90. The smallest absolute Gasteiger partial charge is 0.0866 e. The van der Waals surface area contributed by atoms with E-state index in [-0.39, 0.29) is 6.10 Å². The molecule has 94 valence electrons. The third-order valence-corrected chi connectivity index (χ3v) is 3.50. The van der Waals surface area contributed by atoms with E-state index < -0.39 is 0 Å². The van der Waals surface area contributed by atoms with Crippen LogP contribution >= 0.6 is 11.6 Å². The van der Waals surface area contributed by atoms with E-state index in [0.29, 0.717) is 5.92 Å². The molecule has 2 unspecified atom stereocenters. The van der Waals surface area contributed by atoms with Crippen LogP contribution < -0.4 is 5.32 Å². The van der Waals surface area contributed by atoms with E-state index in [9.17, 15) is 0 Å². The molecule has 0 spiro atoms. The van der Waals surface area contributed by atoms with E-state index in [2.05, 4.69) is 24.4 Å². The Morgan fingerprint density at radius 3 is 2.82 bits per heavy atom. The van der Waals surface area contributed by atoms with Crippen LogP contribution in [0.1, 0.15) is 31.4 Å². The normalized spacial score (nSPS) is 24.1. The van der Waals surface area contributed by atoms with Crippen molar-refractivity contribution < 1.29 is 4.74 Å². The summed E-state index contributed by atoms with van der Waals surface area (Å²) < 4.78 is 5.84. The second-order valence-corrected chi connectivity index (χ2v) is 5.03. The number of benzene rings is 1. The predicted octanol–water partition coefficient (Wildman–Crippen LogP) is 3.42. The topological polar surface area (TPSA) is 21.3 Å². The molecule has 2 rings (SSSR count). The van der Waals surface area contributed by atoms with Crippen LogP contribution in [0.2, 0.25) is 5.02 Å². The molecule has 0 aliphatic carbocycles. The molecule has 1 aromatic carbocycles.